The third kappa shape index (κ3) is 5.09. The van der Waals surface area contributed by atoms with Crippen LogP contribution in [0.25, 0.3) is 0 Å². The van der Waals surface area contributed by atoms with E-state index in [0.717, 1.165) is 25.2 Å². The number of hydrogen-bond acceptors (Lipinski definition) is 3. The lowest BCUT2D eigenvalue weighted by atomic mass is 9.81. The van der Waals surface area contributed by atoms with Crippen molar-refractivity contribution in [2.45, 2.75) is 63.2 Å². The van der Waals surface area contributed by atoms with E-state index >= 15 is 0 Å². The minimum absolute atomic E-state index is 0.217. The van der Waals surface area contributed by atoms with Crippen molar-refractivity contribution >= 4 is 29.1 Å². The van der Waals surface area contributed by atoms with Crippen LogP contribution < -0.4 is 0 Å². The van der Waals surface area contributed by atoms with Crippen LogP contribution in [-0.4, -0.2) is 64.9 Å². The van der Waals surface area contributed by atoms with E-state index in [-0.39, 0.29) is 11.9 Å². The number of benzene rings is 2. The third-order valence-electron chi connectivity index (χ3n) is 7.74. The van der Waals surface area contributed by atoms with Crippen molar-refractivity contribution in [3.05, 3.63) is 69.7 Å². The highest BCUT2D eigenvalue weighted by molar-refractivity contribution is 6.42. The fraction of sp³-hybridized carbons (Fsp3) is 0.519. The number of fused-ring (bicyclic) bond motifs is 1. The van der Waals surface area contributed by atoms with Crippen LogP contribution in [0.1, 0.15) is 43.2 Å². The molecule has 0 N–H and O–H groups in total. The smallest absolute Gasteiger partial charge is 0.227 e. The minimum atomic E-state index is 0.217. The van der Waals surface area contributed by atoms with E-state index in [9.17, 15) is 4.79 Å². The van der Waals surface area contributed by atoms with E-state index in [1.54, 1.807) is 6.07 Å². The van der Waals surface area contributed by atoms with Crippen LogP contribution >= 0.6 is 23.2 Å². The highest BCUT2D eigenvalue weighted by Crippen LogP contribution is 2.36. The highest BCUT2D eigenvalue weighted by atomic mass is 35.5. The lowest BCUT2D eigenvalue weighted by Gasteiger charge is -2.55. The molecular weight excluding hydrogens is 453 g/mol. The molecule has 6 heteroatoms. The number of hydrogen-bond donors (Lipinski definition) is 0. The average molecular weight is 486 g/mol. The zero-order valence-electron chi connectivity index (χ0n) is 19.1. The predicted octanol–water partition coefficient (Wildman–Crippen LogP) is 5.27. The Hall–Kier alpha value is -1.59. The van der Waals surface area contributed by atoms with Crippen molar-refractivity contribution in [3.8, 4) is 0 Å². The Morgan fingerprint density at radius 2 is 1.58 bits per heavy atom. The van der Waals surface area contributed by atoms with Crippen LogP contribution in [-0.2, 0) is 17.8 Å². The van der Waals surface area contributed by atoms with Gasteiger partial charge in [0.05, 0.1) is 22.5 Å². The Bertz CT molecular complexity index is 963. The van der Waals surface area contributed by atoms with Crippen LogP contribution in [0.5, 0.6) is 0 Å². The van der Waals surface area contributed by atoms with Crippen LogP contribution in [0.4, 0.5) is 0 Å². The van der Waals surface area contributed by atoms with Crippen molar-refractivity contribution in [3.63, 3.8) is 0 Å². The lowest BCUT2D eigenvalue weighted by Crippen LogP contribution is -2.68. The molecule has 2 aromatic rings. The molecule has 5 rings (SSSR count). The standard InChI is InChI=1S/C27H33Cl2N3O/c28-22-12-11-21(17-23(22)29)18-26(33)32-16-15-31(19-20-7-2-1-3-8-20)25-10-6-9-24(27(25)32)30-13-4-5-14-30/h1-3,7-8,11-12,17,24-25,27H,4-6,9-10,13-16,18-19H2/t24-,25-,27+/m0/s1. The molecular formula is C27H33Cl2N3O. The molecule has 0 spiro atoms. The van der Waals surface area contributed by atoms with Gasteiger partial charge in [-0.25, -0.2) is 0 Å². The summed E-state index contributed by atoms with van der Waals surface area (Å²) in [6, 6.07) is 17.4. The molecule has 3 fully saturated rings. The number of nitrogens with zero attached hydrogens (tertiary/aromatic N) is 3. The van der Waals surface area contributed by atoms with Crippen LogP contribution in [0.2, 0.25) is 10.0 Å². The van der Waals surface area contributed by atoms with Crippen LogP contribution in [0.3, 0.4) is 0 Å². The number of carbonyl (C=O) groups excluding carboxylic acids is 1. The fourth-order valence-electron chi connectivity index (χ4n) is 6.20. The van der Waals surface area contributed by atoms with Crippen molar-refractivity contribution in [2.75, 3.05) is 26.2 Å². The number of amides is 1. The average Bonchev–Trinajstić information content (AvgIpc) is 3.37. The maximum Gasteiger partial charge on any atom is 0.227 e. The van der Waals surface area contributed by atoms with E-state index in [1.807, 2.05) is 12.1 Å². The Balaban J connectivity index is 1.39. The second-order valence-corrected chi connectivity index (χ2v) is 10.6. The van der Waals surface area contributed by atoms with Gasteiger partial charge >= 0.3 is 0 Å². The molecule has 33 heavy (non-hydrogen) atoms. The molecule has 3 aliphatic rings. The first kappa shape index (κ1) is 23.2. The number of piperazine rings is 1. The second-order valence-electron chi connectivity index (χ2n) is 9.77. The first-order chi connectivity index (χ1) is 16.1. The number of rotatable bonds is 5. The van der Waals surface area contributed by atoms with Crippen molar-refractivity contribution in [1.29, 1.82) is 0 Å². The number of halogens is 2. The van der Waals surface area contributed by atoms with Gasteiger partial charge in [0.15, 0.2) is 0 Å². The van der Waals surface area contributed by atoms with Gasteiger partial charge < -0.3 is 4.90 Å². The van der Waals surface area contributed by atoms with Gasteiger partial charge in [-0.3, -0.25) is 14.6 Å². The Morgan fingerprint density at radius 1 is 0.818 bits per heavy atom. The lowest BCUT2D eigenvalue weighted by molar-refractivity contribution is -0.143. The van der Waals surface area contributed by atoms with Gasteiger partial charge in [0.1, 0.15) is 0 Å². The summed E-state index contributed by atoms with van der Waals surface area (Å²) in [5.74, 6) is 0.217. The van der Waals surface area contributed by atoms with E-state index in [4.69, 9.17) is 23.2 Å². The molecule has 0 bridgehead atoms. The first-order valence-electron chi connectivity index (χ1n) is 12.4. The number of carbonyl (C=O) groups is 1. The van der Waals surface area contributed by atoms with Gasteiger partial charge in [-0.15, -0.1) is 0 Å². The van der Waals surface area contributed by atoms with Gasteiger partial charge in [0.2, 0.25) is 5.91 Å². The summed E-state index contributed by atoms with van der Waals surface area (Å²) in [5.41, 5.74) is 2.29. The van der Waals surface area contributed by atoms with E-state index in [1.165, 1.54) is 50.8 Å². The highest BCUT2D eigenvalue weighted by Gasteiger charge is 2.46. The summed E-state index contributed by atoms with van der Waals surface area (Å²) in [6.45, 7) is 5.01. The van der Waals surface area contributed by atoms with Crippen molar-refractivity contribution < 1.29 is 4.79 Å². The summed E-state index contributed by atoms with van der Waals surface area (Å²) >= 11 is 12.3. The summed E-state index contributed by atoms with van der Waals surface area (Å²) < 4.78 is 0. The maximum absolute atomic E-state index is 13.7. The zero-order chi connectivity index (χ0) is 22.8. The molecule has 2 saturated heterocycles. The summed E-state index contributed by atoms with van der Waals surface area (Å²) in [4.78, 5) is 21.2. The molecule has 1 aliphatic carbocycles. The van der Waals surface area contributed by atoms with E-state index < -0.39 is 0 Å². The van der Waals surface area contributed by atoms with Crippen molar-refractivity contribution in [2.24, 2.45) is 0 Å². The molecule has 2 heterocycles. The summed E-state index contributed by atoms with van der Waals surface area (Å²) in [7, 11) is 0. The summed E-state index contributed by atoms with van der Waals surface area (Å²) in [6.07, 6.45) is 6.53. The Labute approximate surface area is 207 Å². The van der Waals surface area contributed by atoms with Gasteiger partial charge in [-0.2, -0.15) is 0 Å². The third-order valence-corrected chi connectivity index (χ3v) is 8.48. The molecule has 3 atom stereocenters. The Morgan fingerprint density at radius 3 is 2.33 bits per heavy atom. The molecule has 0 unspecified atom stereocenters. The maximum atomic E-state index is 13.7. The number of likely N-dealkylation sites (tertiary alicyclic amines) is 1. The normalized spacial score (nSPS) is 26.4. The first-order valence-corrected chi connectivity index (χ1v) is 13.1. The van der Waals surface area contributed by atoms with E-state index in [2.05, 4.69) is 45.0 Å². The van der Waals surface area contributed by atoms with Gasteiger partial charge in [-0.1, -0.05) is 66.0 Å². The summed E-state index contributed by atoms with van der Waals surface area (Å²) in [5, 5.41) is 1.05. The van der Waals surface area contributed by atoms with Gasteiger partial charge in [0, 0.05) is 31.7 Å². The van der Waals surface area contributed by atoms with Gasteiger partial charge in [-0.05, 0) is 62.0 Å². The predicted molar refractivity (Wildman–Crippen MR) is 135 cm³/mol. The van der Waals surface area contributed by atoms with Crippen LogP contribution in [0, 0.1) is 0 Å². The fourth-order valence-corrected chi connectivity index (χ4v) is 6.52. The largest absolute Gasteiger partial charge is 0.335 e. The van der Waals surface area contributed by atoms with E-state index in [0.29, 0.717) is 28.5 Å². The molecule has 1 saturated carbocycles. The molecule has 0 radical (unpaired) electrons. The molecule has 2 aromatic carbocycles. The molecule has 4 nitrogen and oxygen atoms in total. The van der Waals surface area contributed by atoms with Crippen LogP contribution in [0.15, 0.2) is 48.5 Å². The minimum Gasteiger partial charge on any atom is -0.335 e. The SMILES string of the molecule is O=C(Cc1ccc(Cl)c(Cl)c1)N1CCN(Cc2ccccc2)[C@H]2CCC[C@H](N3CCCC3)[C@H]21. The zero-order valence-corrected chi connectivity index (χ0v) is 20.6. The van der Waals surface area contributed by atoms with Gasteiger partial charge in [0.25, 0.3) is 0 Å². The monoisotopic (exact) mass is 485 g/mol. The molecule has 1 amide bonds. The Kier molecular flexibility index (Phi) is 7.27. The topological polar surface area (TPSA) is 26.8 Å². The second kappa shape index (κ2) is 10.4. The molecule has 2 aliphatic heterocycles. The molecule has 176 valence electrons. The van der Waals surface area contributed by atoms with Crippen molar-refractivity contribution in [1.82, 2.24) is 14.7 Å². The molecule has 0 aromatic heterocycles. The quantitative estimate of drug-likeness (QED) is 0.577.